The number of likely N-dealkylation sites (N-methyl/N-ethyl adjacent to an activating group) is 1. The Morgan fingerprint density at radius 2 is 2.26 bits per heavy atom. The zero-order chi connectivity index (χ0) is 16.2. The highest BCUT2D eigenvalue weighted by Crippen LogP contribution is 2.29. The van der Waals surface area contributed by atoms with Crippen LogP contribution in [0, 0.1) is 11.3 Å². The summed E-state index contributed by atoms with van der Waals surface area (Å²) in [5, 5.41) is 18.7. The number of aromatic nitrogens is 1. The van der Waals surface area contributed by atoms with Crippen LogP contribution in [0.1, 0.15) is 17.3 Å². The molecule has 1 atom stereocenters. The molecule has 3 aromatic rings. The van der Waals surface area contributed by atoms with E-state index in [1.165, 1.54) is 16.9 Å². The van der Waals surface area contributed by atoms with Crippen LogP contribution in [0.15, 0.2) is 38.8 Å². The zero-order valence-corrected chi connectivity index (χ0v) is 14.4. The zero-order valence-electron chi connectivity index (χ0n) is 12.8. The highest BCUT2D eigenvalue weighted by Gasteiger charge is 2.19. The third kappa shape index (κ3) is 3.45. The van der Waals surface area contributed by atoms with Crippen LogP contribution >= 0.6 is 22.7 Å². The molecule has 0 bridgehead atoms. The topological polar surface area (TPSA) is 65.1 Å². The normalized spacial score (nSPS) is 12.3. The first kappa shape index (κ1) is 15.7. The Kier molecular flexibility index (Phi) is 4.76. The van der Waals surface area contributed by atoms with Crippen LogP contribution in [0.4, 0.5) is 5.88 Å². The largest absolute Gasteiger partial charge is 0.418 e. The monoisotopic (exact) mass is 344 g/mol. The Hall–Kier alpha value is -2.14. The highest BCUT2D eigenvalue weighted by molar-refractivity contribution is 7.13. The number of thiophene rings is 2. The van der Waals surface area contributed by atoms with Crippen molar-refractivity contribution in [3.63, 3.8) is 0 Å². The quantitative estimate of drug-likeness (QED) is 0.731. The van der Waals surface area contributed by atoms with Gasteiger partial charge in [0.15, 0.2) is 0 Å². The van der Waals surface area contributed by atoms with Gasteiger partial charge in [-0.05, 0) is 47.9 Å². The minimum Gasteiger partial charge on any atom is -0.418 e. The lowest BCUT2D eigenvalue weighted by atomic mass is 10.1. The van der Waals surface area contributed by atoms with Crippen molar-refractivity contribution in [3.8, 4) is 16.8 Å². The summed E-state index contributed by atoms with van der Waals surface area (Å²) in [7, 11) is 4.07. The van der Waals surface area contributed by atoms with Gasteiger partial charge < -0.3 is 14.6 Å². The molecule has 1 unspecified atom stereocenters. The Balaban J connectivity index is 1.78. The molecule has 118 valence electrons. The molecule has 0 spiro atoms. The predicted molar refractivity (Wildman–Crippen MR) is 93.8 cm³/mol. The number of nitrogens with one attached hydrogen (secondary N) is 1. The fourth-order valence-corrected chi connectivity index (χ4v) is 3.63. The Morgan fingerprint density at radius 1 is 1.39 bits per heavy atom. The van der Waals surface area contributed by atoms with Gasteiger partial charge in [-0.25, -0.2) is 0 Å². The number of nitrogens with zero attached hydrogens (tertiary/aromatic N) is 3. The van der Waals surface area contributed by atoms with E-state index in [0.29, 0.717) is 18.3 Å². The van der Waals surface area contributed by atoms with E-state index in [1.807, 2.05) is 31.6 Å². The third-order valence-electron chi connectivity index (χ3n) is 3.47. The highest BCUT2D eigenvalue weighted by atomic mass is 32.1. The van der Waals surface area contributed by atoms with Crippen LogP contribution in [-0.2, 0) is 0 Å². The number of anilines is 1. The number of hydrogen-bond donors (Lipinski definition) is 1. The van der Waals surface area contributed by atoms with Gasteiger partial charge in [0.2, 0.25) is 17.5 Å². The minimum atomic E-state index is 0.197. The molecule has 0 aliphatic carbocycles. The summed E-state index contributed by atoms with van der Waals surface area (Å²) in [4.78, 5) is 7.32. The molecule has 0 radical (unpaired) electrons. The van der Waals surface area contributed by atoms with Crippen LogP contribution in [-0.4, -0.2) is 30.5 Å². The van der Waals surface area contributed by atoms with E-state index in [2.05, 4.69) is 38.1 Å². The van der Waals surface area contributed by atoms with Gasteiger partial charge in [0.25, 0.3) is 0 Å². The molecule has 0 aliphatic heterocycles. The maximum atomic E-state index is 9.27. The van der Waals surface area contributed by atoms with Gasteiger partial charge in [0, 0.05) is 6.54 Å². The molecule has 0 aromatic carbocycles. The maximum Gasteiger partial charge on any atom is 0.240 e. The first-order chi connectivity index (χ1) is 11.2. The first-order valence-electron chi connectivity index (χ1n) is 7.06. The molecule has 3 heterocycles. The van der Waals surface area contributed by atoms with Gasteiger partial charge in [-0.15, -0.1) is 11.3 Å². The molecule has 0 fully saturated rings. The second-order valence-electron chi connectivity index (χ2n) is 5.20. The number of nitriles is 1. The van der Waals surface area contributed by atoms with Gasteiger partial charge >= 0.3 is 0 Å². The average molecular weight is 344 g/mol. The van der Waals surface area contributed by atoms with E-state index < -0.39 is 0 Å². The van der Waals surface area contributed by atoms with E-state index in [-0.39, 0.29) is 11.7 Å². The molecule has 3 aromatic heterocycles. The molecule has 1 N–H and O–H groups in total. The Bertz CT molecular complexity index is 785. The van der Waals surface area contributed by atoms with Crippen molar-refractivity contribution in [3.05, 3.63) is 45.6 Å². The second-order valence-corrected chi connectivity index (χ2v) is 6.93. The standard InChI is InChI=1S/C16H16N4OS2/c1-20(2)13(11-5-7-22-10-11)9-18-15-12(8-17)19-16(21-15)14-4-3-6-23-14/h3-7,10,13,18H,9H2,1-2H3. The Morgan fingerprint density at radius 3 is 2.87 bits per heavy atom. The smallest absolute Gasteiger partial charge is 0.240 e. The van der Waals surface area contributed by atoms with Crippen molar-refractivity contribution in [2.75, 3.05) is 26.0 Å². The summed E-state index contributed by atoms with van der Waals surface area (Å²) in [5.41, 5.74) is 1.53. The molecule has 5 nitrogen and oxygen atoms in total. The summed E-state index contributed by atoms with van der Waals surface area (Å²) in [6, 6.07) is 8.26. The Labute approximate surface area is 142 Å². The predicted octanol–water partition coefficient (Wildman–Crippen LogP) is 4.05. The van der Waals surface area contributed by atoms with Gasteiger partial charge in [0.05, 0.1) is 10.9 Å². The number of hydrogen-bond acceptors (Lipinski definition) is 7. The van der Waals surface area contributed by atoms with Gasteiger partial charge in [-0.1, -0.05) is 6.07 Å². The van der Waals surface area contributed by atoms with Crippen molar-refractivity contribution < 1.29 is 4.42 Å². The van der Waals surface area contributed by atoms with Crippen LogP contribution < -0.4 is 5.32 Å². The van der Waals surface area contributed by atoms with Crippen LogP contribution in [0.2, 0.25) is 0 Å². The fourth-order valence-electron chi connectivity index (χ4n) is 2.27. The van der Waals surface area contributed by atoms with Crippen LogP contribution in [0.5, 0.6) is 0 Å². The second kappa shape index (κ2) is 6.96. The molecule has 0 saturated heterocycles. The number of oxazole rings is 1. The first-order valence-corrected chi connectivity index (χ1v) is 8.88. The van der Waals surface area contributed by atoms with Crippen LogP contribution in [0.3, 0.4) is 0 Å². The molecule has 0 aliphatic rings. The van der Waals surface area contributed by atoms with E-state index in [0.717, 1.165) is 4.88 Å². The van der Waals surface area contributed by atoms with Crippen LogP contribution in [0.25, 0.3) is 10.8 Å². The molecule has 0 saturated carbocycles. The molecular weight excluding hydrogens is 328 g/mol. The van der Waals surface area contributed by atoms with Crippen molar-refractivity contribution in [1.82, 2.24) is 9.88 Å². The summed E-state index contributed by atoms with van der Waals surface area (Å²) in [6.45, 7) is 0.636. The third-order valence-corrected chi connectivity index (χ3v) is 5.03. The summed E-state index contributed by atoms with van der Waals surface area (Å²) in [6.07, 6.45) is 0. The molecule has 3 rings (SSSR count). The average Bonchev–Trinajstić information content (AvgIpc) is 3.28. The van der Waals surface area contributed by atoms with Gasteiger partial charge in [-0.2, -0.15) is 21.6 Å². The molecule has 23 heavy (non-hydrogen) atoms. The van der Waals surface area contributed by atoms with E-state index >= 15 is 0 Å². The van der Waals surface area contributed by atoms with Gasteiger partial charge in [0.1, 0.15) is 6.07 Å². The molecule has 0 amide bonds. The lowest BCUT2D eigenvalue weighted by molar-refractivity contribution is 0.311. The SMILES string of the molecule is CN(C)C(CNc1oc(-c2cccs2)nc1C#N)c1ccsc1. The number of rotatable bonds is 6. The maximum absolute atomic E-state index is 9.27. The van der Waals surface area contributed by atoms with Crippen molar-refractivity contribution in [2.24, 2.45) is 0 Å². The minimum absolute atomic E-state index is 0.197. The van der Waals surface area contributed by atoms with Crippen molar-refractivity contribution in [2.45, 2.75) is 6.04 Å². The van der Waals surface area contributed by atoms with Crippen molar-refractivity contribution >= 4 is 28.6 Å². The van der Waals surface area contributed by atoms with E-state index in [4.69, 9.17) is 4.42 Å². The summed E-state index contributed by atoms with van der Waals surface area (Å²) < 4.78 is 5.75. The summed E-state index contributed by atoms with van der Waals surface area (Å²) in [5.74, 6) is 0.911. The lowest BCUT2D eigenvalue weighted by Crippen LogP contribution is -2.26. The fraction of sp³-hybridized carbons (Fsp3) is 0.250. The summed E-state index contributed by atoms with van der Waals surface area (Å²) >= 11 is 3.21. The van der Waals surface area contributed by atoms with E-state index in [9.17, 15) is 5.26 Å². The molecular formula is C16H16N4OS2. The van der Waals surface area contributed by atoms with E-state index in [1.54, 1.807) is 11.3 Å². The lowest BCUT2D eigenvalue weighted by Gasteiger charge is -2.23. The van der Waals surface area contributed by atoms with Gasteiger partial charge in [-0.3, -0.25) is 0 Å². The molecule has 7 heteroatoms. The van der Waals surface area contributed by atoms with Crippen molar-refractivity contribution in [1.29, 1.82) is 5.26 Å².